The molecule has 0 atom stereocenters. The molecular weight excluding hydrogens is 411 g/mol. The van der Waals surface area contributed by atoms with E-state index in [1.807, 2.05) is 0 Å². The summed E-state index contributed by atoms with van der Waals surface area (Å²) >= 11 is 0. The normalized spacial score (nSPS) is 15.9. The summed E-state index contributed by atoms with van der Waals surface area (Å²) in [6, 6.07) is 7.37. The predicted molar refractivity (Wildman–Crippen MR) is 109 cm³/mol. The van der Waals surface area contributed by atoms with Crippen LogP contribution in [0.1, 0.15) is 31.2 Å². The van der Waals surface area contributed by atoms with Crippen molar-refractivity contribution in [3.05, 3.63) is 58.4 Å². The summed E-state index contributed by atoms with van der Waals surface area (Å²) in [6.45, 7) is 0.920. The number of sulfonamides is 1. The van der Waals surface area contributed by atoms with Gasteiger partial charge in [-0.1, -0.05) is 18.9 Å². The fourth-order valence-electron chi connectivity index (χ4n) is 3.72. The van der Waals surface area contributed by atoms with Crippen LogP contribution in [0.3, 0.4) is 0 Å². The number of methoxy groups -OCH3 is 1. The van der Waals surface area contributed by atoms with Crippen LogP contribution in [0.25, 0.3) is 5.65 Å². The van der Waals surface area contributed by atoms with Crippen LogP contribution in [-0.4, -0.2) is 47.1 Å². The molecule has 8 nitrogen and oxygen atoms in total. The summed E-state index contributed by atoms with van der Waals surface area (Å²) in [5.41, 5.74) is 0.0885. The van der Waals surface area contributed by atoms with Crippen LogP contribution in [0.4, 0.5) is 4.39 Å². The number of aromatic nitrogens is 3. The number of hydrogen-bond acceptors (Lipinski definition) is 5. The van der Waals surface area contributed by atoms with Gasteiger partial charge < -0.3 is 4.74 Å². The van der Waals surface area contributed by atoms with E-state index in [0.717, 1.165) is 30.4 Å². The van der Waals surface area contributed by atoms with Crippen molar-refractivity contribution < 1.29 is 17.5 Å². The van der Waals surface area contributed by atoms with E-state index in [9.17, 15) is 17.6 Å². The molecule has 160 valence electrons. The first kappa shape index (κ1) is 20.5. The van der Waals surface area contributed by atoms with Gasteiger partial charge in [0.05, 0.1) is 13.7 Å². The Kier molecular flexibility index (Phi) is 5.61. The number of nitrogens with zero attached hydrogens (tertiary/aromatic N) is 4. The molecule has 3 heterocycles. The fourth-order valence-corrected chi connectivity index (χ4v) is 5.36. The molecule has 1 aliphatic rings. The summed E-state index contributed by atoms with van der Waals surface area (Å²) in [5.74, 6) is -0.442. The van der Waals surface area contributed by atoms with Gasteiger partial charge in [-0.2, -0.15) is 4.31 Å². The van der Waals surface area contributed by atoms with E-state index >= 15 is 0 Å². The second-order valence-electron chi connectivity index (χ2n) is 7.29. The first-order chi connectivity index (χ1) is 14.4. The van der Waals surface area contributed by atoms with Gasteiger partial charge in [0, 0.05) is 19.3 Å². The van der Waals surface area contributed by atoms with E-state index in [4.69, 9.17) is 4.74 Å². The third-order valence-corrected chi connectivity index (χ3v) is 7.22. The van der Waals surface area contributed by atoms with Crippen molar-refractivity contribution in [2.75, 3.05) is 20.2 Å². The first-order valence-corrected chi connectivity index (χ1v) is 11.3. The molecule has 0 unspecified atom stereocenters. The molecule has 1 saturated heterocycles. The number of halogens is 1. The predicted octanol–water partition coefficient (Wildman–Crippen LogP) is 2.26. The van der Waals surface area contributed by atoms with Crippen LogP contribution in [0.5, 0.6) is 5.75 Å². The quantitative estimate of drug-likeness (QED) is 0.615. The zero-order valence-electron chi connectivity index (χ0n) is 16.6. The molecule has 3 aromatic rings. The van der Waals surface area contributed by atoms with Crippen LogP contribution >= 0.6 is 0 Å². The lowest BCUT2D eigenvalue weighted by atomic mass is 10.2. The summed E-state index contributed by atoms with van der Waals surface area (Å²) < 4.78 is 49.2. The van der Waals surface area contributed by atoms with E-state index < -0.39 is 21.5 Å². The highest BCUT2D eigenvalue weighted by molar-refractivity contribution is 7.89. The number of fused-ring (bicyclic) bond motifs is 1. The molecular formula is C20H23FN4O4S. The van der Waals surface area contributed by atoms with Gasteiger partial charge in [-0.25, -0.2) is 26.7 Å². The zero-order chi connectivity index (χ0) is 21.3. The van der Waals surface area contributed by atoms with Crippen molar-refractivity contribution in [2.24, 2.45) is 0 Å². The maximum Gasteiger partial charge on any atom is 0.350 e. The average Bonchev–Trinajstić information content (AvgIpc) is 2.91. The fraction of sp³-hybridized carbons (Fsp3) is 0.400. The Labute approximate surface area is 173 Å². The number of ether oxygens (including phenoxy) is 1. The van der Waals surface area contributed by atoms with Crippen molar-refractivity contribution >= 4 is 15.7 Å². The monoisotopic (exact) mass is 434 g/mol. The van der Waals surface area contributed by atoms with Gasteiger partial charge in [0.25, 0.3) is 0 Å². The molecule has 1 aromatic carbocycles. The number of pyridine rings is 1. The van der Waals surface area contributed by atoms with Crippen molar-refractivity contribution in [3.8, 4) is 5.75 Å². The Morgan fingerprint density at radius 2 is 1.87 bits per heavy atom. The lowest BCUT2D eigenvalue weighted by Crippen LogP contribution is -2.32. The largest absolute Gasteiger partial charge is 0.494 e. The third kappa shape index (κ3) is 3.72. The lowest BCUT2D eigenvalue weighted by molar-refractivity contribution is 0.386. The molecule has 0 radical (unpaired) electrons. The van der Waals surface area contributed by atoms with Crippen LogP contribution in [0, 0.1) is 5.82 Å². The van der Waals surface area contributed by atoms with Gasteiger partial charge in [-0.15, -0.1) is 5.10 Å². The van der Waals surface area contributed by atoms with Crippen LogP contribution in [-0.2, 0) is 16.6 Å². The summed E-state index contributed by atoms with van der Waals surface area (Å²) in [7, 11) is -2.41. The molecule has 2 aromatic heterocycles. The highest BCUT2D eigenvalue weighted by Gasteiger charge is 2.28. The SMILES string of the molecule is COc1ccc(Cn2nc3c(S(=O)(=O)N4CCCCCC4)cccn3c2=O)cc1F. The molecule has 0 amide bonds. The molecule has 1 fully saturated rings. The average molecular weight is 434 g/mol. The van der Waals surface area contributed by atoms with Gasteiger partial charge in [-0.05, 0) is 42.7 Å². The van der Waals surface area contributed by atoms with Crippen molar-refractivity contribution in [1.29, 1.82) is 0 Å². The Bertz CT molecular complexity index is 1230. The molecule has 0 N–H and O–H groups in total. The molecule has 4 rings (SSSR count). The zero-order valence-corrected chi connectivity index (χ0v) is 17.4. The minimum absolute atomic E-state index is 0.00339. The maximum absolute atomic E-state index is 14.0. The topological polar surface area (TPSA) is 85.9 Å². The van der Waals surface area contributed by atoms with Gasteiger partial charge in [0.1, 0.15) is 4.90 Å². The minimum Gasteiger partial charge on any atom is -0.494 e. The molecule has 0 spiro atoms. The summed E-state index contributed by atoms with van der Waals surface area (Å²) in [4.78, 5) is 12.8. The number of rotatable bonds is 5. The first-order valence-electron chi connectivity index (χ1n) is 9.82. The smallest absolute Gasteiger partial charge is 0.350 e. The second kappa shape index (κ2) is 8.19. The Balaban J connectivity index is 1.74. The molecule has 10 heteroatoms. The second-order valence-corrected chi connectivity index (χ2v) is 9.20. The molecule has 30 heavy (non-hydrogen) atoms. The molecule has 0 aliphatic carbocycles. The van der Waals surface area contributed by atoms with Gasteiger partial charge >= 0.3 is 5.69 Å². The van der Waals surface area contributed by atoms with Crippen molar-refractivity contribution in [3.63, 3.8) is 0 Å². The van der Waals surface area contributed by atoms with Crippen LogP contribution in [0.2, 0.25) is 0 Å². The Hall–Kier alpha value is -2.72. The van der Waals surface area contributed by atoms with Crippen molar-refractivity contribution in [2.45, 2.75) is 37.1 Å². The lowest BCUT2D eigenvalue weighted by Gasteiger charge is -2.19. The summed E-state index contributed by atoms with van der Waals surface area (Å²) in [6.07, 6.45) is 5.11. The number of hydrogen-bond donors (Lipinski definition) is 0. The van der Waals surface area contributed by atoms with E-state index in [0.29, 0.717) is 18.7 Å². The van der Waals surface area contributed by atoms with Gasteiger partial charge in [0.2, 0.25) is 10.0 Å². The Morgan fingerprint density at radius 3 is 2.53 bits per heavy atom. The van der Waals surface area contributed by atoms with E-state index in [-0.39, 0.29) is 22.8 Å². The van der Waals surface area contributed by atoms with Gasteiger partial charge in [0.15, 0.2) is 17.2 Å². The highest BCUT2D eigenvalue weighted by atomic mass is 32.2. The molecule has 0 bridgehead atoms. The van der Waals surface area contributed by atoms with E-state index in [1.54, 1.807) is 6.07 Å². The maximum atomic E-state index is 14.0. The summed E-state index contributed by atoms with van der Waals surface area (Å²) in [5, 5.41) is 4.27. The molecule has 0 saturated carbocycles. The highest BCUT2D eigenvalue weighted by Crippen LogP contribution is 2.23. The van der Waals surface area contributed by atoms with Crippen molar-refractivity contribution in [1.82, 2.24) is 18.5 Å². The van der Waals surface area contributed by atoms with Crippen LogP contribution in [0.15, 0.2) is 46.2 Å². The van der Waals surface area contributed by atoms with E-state index in [2.05, 4.69) is 5.10 Å². The van der Waals surface area contributed by atoms with Gasteiger partial charge in [-0.3, -0.25) is 0 Å². The number of benzene rings is 1. The third-order valence-electron chi connectivity index (χ3n) is 5.31. The van der Waals surface area contributed by atoms with Crippen LogP contribution < -0.4 is 10.4 Å². The standard InChI is InChI=1S/C20H23FN4O4S/c1-29-17-9-8-15(13-16(17)21)14-25-20(26)24-12-6-7-18(19(24)22-25)30(27,28)23-10-4-2-3-5-11-23/h6-9,12-13H,2-5,10-11,14H2,1H3. The molecule has 1 aliphatic heterocycles. The Morgan fingerprint density at radius 1 is 1.13 bits per heavy atom. The van der Waals surface area contributed by atoms with E-state index in [1.165, 1.54) is 46.3 Å². The minimum atomic E-state index is -3.78.